The van der Waals surface area contributed by atoms with Crippen molar-refractivity contribution in [3.05, 3.63) is 0 Å². The largest absolute Gasteiger partial charge is 0.381 e. The first-order chi connectivity index (χ1) is 5.42. The number of fused-ring (bicyclic) bond motifs is 1. The van der Waals surface area contributed by atoms with Gasteiger partial charge in [-0.05, 0) is 25.3 Å². The summed E-state index contributed by atoms with van der Waals surface area (Å²) in [6.07, 6.45) is 4.60. The number of hydrogen-bond acceptors (Lipinski definition) is 2. The van der Waals surface area contributed by atoms with Crippen LogP contribution in [0.25, 0.3) is 0 Å². The average Bonchev–Trinajstić information content (AvgIpc) is 2.50. The second kappa shape index (κ2) is 3.11. The molecule has 1 saturated heterocycles. The summed E-state index contributed by atoms with van der Waals surface area (Å²) < 4.78 is 5.47. The summed E-state index contributed by atoms with van der Waals surface area (Å²) in [4.78, 5) is 0. The van der Waals surface area contributed by atoms with Crippen LogP contribution in [0.2, 0.25) is 0 Å². The molecule has 2 rings (SSSR count). The fourth-order valence-electron chi connectivity index (χ4n) is 2.59. The van der Waals surface area contributed by atoms with E-state index in [4.69, 9.17) is 4.74 Å². The molecule has 2 aliphatic rings. The third-order valence-corrected chi connectivity index (χ3v) is 3.24. The minimum absolute atomic E-state index is 0.545. The van der Waals surface area contributed by atoms with Crippen molar-refractivity contribution in [1.82, 2.24) is 5.32 Å². The molecule has 0 spiro atoms. The maximum absolute atomic E-state index is 5.47. The maximum Gasteiger partial charge on any atom is 0.0614 e. The van der Waals surface area contributed by atoms with Crippen molar-refractivity contribution in [3.8, 4) is 0 Å². The topological polar surface area (TPSA) is 21.3 Å². The molecule has 2 heteroatoms. The Bertz CT molecular complexity index is 138. The number of methoxy groups -OCH3 is 1. The third kappa shape index (κ3) is 1.30. The van der Waals surface area contributed by atoms with Crippen molar-refractivity contribution < 1.29 is 4.74 Å². The van der Waals surface area contributed by atoms with E-state index in [1.807, 2.05) is 7.11 Å². The first kappa shape index (κ1) is 7.56. The van der Waals surface area contributed by atoms with Crippen LogP contribution < -0.4 is 5.32 Å². The normalized spacial score (nSPS) is 43.9. The van der Waals surface area contributed by atoms with Crippen LogP contribution >= 0.6 is 0 Å². The molecule has 0 aromatic heterocycles. The first-order valence-corrected chi connectivity index (χ1v) is 4.65. The van der Waals surface area contributed by atoms with Gasteiger partial charge in [-0.2, -0.15) is 0 Å². The first-order valence-electron chi connectivity index (χ1n) is 4.65. The molecule has 11 heavy (non-hydrogen) atoms. The van der Waals surface area contributed by atoms with Crippen LogP contribution in [0.3, 0.4) is 0 Å². The molecule has 0 aromatic carbocycles. The van der Waals surface area contributed by atoms with E-state index in [1.165, 1.54) is 32.4 Å². The van der Waals surface area contributed by atoms with Gasteiger partial charge in [0.25, 0.3) is 0 Å². The van der Waals surface area contributed by atoms with Crippen LogP contribution in [0.5, 0.6) is 0 Å². The van der Waals surface area contributed by atoms with Crippen LogP contribution in [-0.4, -0.2) is 26.3 Å². The molecule has 1 aliphatic carbocycles. The fourth-order valence-corrected chi connectivity index (χ4v) is 2.59. The summed E-state index contributed by atoms with van der Waals surface area (Å²) in [5.74, 6) is 1.72. The van der Waals surface area contributed by atoms with Crippen LogP contribution in [0.15, 0.2) is 0 Å². The summed E-state index contributed by atoms with van der Waals surface area (Å²) in [6.45, 7) is 2.41. The van der Waals surface area contributed by atoms with E-state index in [0.29, 0.717) is 6.10 Å². The SMILES string of the molecule is CO[C@@H]1CCC[C@@H]2CNC[C@@H]21. The quantitative estimate of drug-likeness (QED) is 0.610. The second-order valence-electron chi connectivity index (χ2n) is 3.79. The Morgan fingerprint density at radius 3 is 3.00 bits per heavy atom. The molecule has 2 fully saturated rings. The van der Waals surface area contributed by atoms with Crippen LogP contribution in [0.4, 0.5) is 0 Å². The van der Waals surface area contributed by atoms with E-state index in [0.717, 1.165) is 11.8 Å². The molecule has 1 N–H and O–H groups in total. The Kier molecular flexibility index (Phi) is 2.14. The van der Waals surface area contributed by atoms with Crippen molar-refractivity contribution in [2.24, 2.45) is 11.8 Å². The molecule has 0 aromatic rings. The Balaban J connectivity index is 2.00. The zero-order chi connectivity index (χ0) is 7.68. The third-order valence-electron chi connectivity index (χ3n) is 3.24. The predicted octanol–water partition coefficient (Wildman–Crippen LogP) is 1.02. The van der Waals surface area contributed by atoms with E-state index >= 15 is 0 Å². The standard InChI is InChI=1S/C9H17NO/c1-11-9-4-2-3-7-5-10-6-8(7)9/h7-10H,2-6H2,1H3/t7-,8+,9-/m1/s1. The Morgan fingerprint density at radius 1 is 1.27 bits per heavy atom. The van der Waals surface area contributed by atoms with Gasteiger partial charge in [-0.1, -0.05) is 6.42 Å². The van der Waals surface area contributed by atoms with E-state index in [2.05, 4.69) is 5.32 Å². The Morgan fingerprint density at radius 2 is 2.18 bits per heavy atom. The highest BCUT2D eigenvalue weighted by Crippen LogP contribution is 2.33. The van der Waals surface area contributed by atoms with Gasteiger partial charge in [0.2, 0.25) is 0 Å². The monoisotopic (exact) mass is 155 g/mol. The molecular formula is C9H17NO. The van der Waals surface area contributed by atoms with Crippen LogP contribution in [0.1, 0.15) is 19.3 Å². The summed E-state index contributed by atoms with van der Waals surface area (Å²) in [5, 5.41) is 3.45. The molecule has 0 amide bonds. The lowest BCUT2D eigenvalue weighted by molar-refractivity contribution is 0.0138. The zero-order valence-electron chi connectivity index (χ0n) is 7.18. The smallest absolute Gasteiger partial charge is 0.0614 e. The van der Waals surface area contributed by atoms with Gasteiger partial charge >= 0.3 is 0 Å². The highest BCUT2D eigenvalue weighted by atomic mass is 16.5. The number of ether oxygens (including phenoxy) is 1. The van der Waals surface area contributed by atoms with E-state index < -0.39 is 0 Å². The number of rotatable bonds is 1. The molecule has 1 heterocycles. The lowest BCUT2D eigenvalue weighted by atomic mass is 9.79. The van der Waals surface area contributed by atoms with Gasteiger partial charge in [0, 0.05) is 19.6 Å². The van der Waals surface area contributed by atoms with E-state index in [1.54, 1.807) is 0 Å². The lowest BCUT2D eigenvalue weighted by Crippen LogP contribution is -2.32. The lowest BCUT2D eigenvalue weighted by Gasteiger charge is -2.31. The molecule has 0 unspecified atom stereocenters. The summed E-state index contributed by atoms with van der Waals surface area (Å²) in [7, 11) is 1.85. The molecule has 1 aliphatic heterocycles. The minimum atomic E-state index is 0.545. The summed E-state index contributed by atoms with van der Waals surface area (Å²) in [6, 6.07) is 0. The summed E-state index contributed by atoms with van der Waals surface area (Å²) in [5.41, 5.74) is 0. The fraction of sp³-hybridized carbons (Fsp3) is 1.00. The molecule has 0 radical (unpaired) electrons. The molecule has 2 nitrogen and oxygen atoms in total. The van der Waals surface area contributed by atoms with Crippen molar-refractivity contribution in [2.45, 2.75) is 25.4 Å². The van der Waals surface area contributed by atoms with Crippen LogP contribution in [-0.2, 0) is 4.74 Å². The summed E-state index contributed by atoms with van der Waals surface area (Å²) >= 11 is 0. The minimum Gasteiger partial charge on any atom is -0.381 e. The second-order valence-corrected chi connectivity index (χ2v) is 3.79. The van der Waals surface area contributed by atoms with Gasteiger partial charge in [0.05, 0.1) is 6.10 Å². The van der Waals surface area contributed by atoms with Gasteiger partial charge in [0.15, 0.2) is 0 Å². The molecule has 1 saturated carbocycles. The van der Waals surface area contributed by atoms with Crippen LogP contribution in [0, 0.1) is 11.8 Å². The van der Waals surface area contributed by atoms with Gasteiger partial charge in [-0.15, -0.1) is 0 Å². The average molecular weight is 155 g/mol. The van der Waals surface area contributed by atoms with Gasteiger partial charge in [0.1, 0.15) is 0 Å². The van der Waals surface area contributed by atoms with E-state index in [-0.39, 0.29) is 0 Å². The predicted molar refractivity (Wildman–Crippen MR) is 44.5 cm³/mol. The molecule has 64 valence electrons. The number of nitrogens with one attached hydrogen (secondary N) is 1. The Labute approximate surface area is 68.3 Å². The van der Waals surface area contributed by atoms with Gasteiger partial charge in [-0.25, -0.2) is 0 Å². The van der Waals surface area contributed by atoms with Gasteiger partial charge < -0.3 is 10.1 Å². The molecule has 3 atom stereocenters. The highest BCUT2D eigenvalue weighted by molar-refractivity contribution is 4.89. The van der Waals surface area contributed by atoms with Crippen molar-refractivity contribution in [1.29, 1.82) is 0 Å². The van der Waals surface area contributed by atoms with Crippen molar-refractivity contribution >= 4 is 0 Å². The van der Waals surface area contributed by atoms with E-state index in [9.17, 15) is 0 Å². The van der Waals surface area contributed by atoms with Gasteiger partial charge in [-0.3, -0.25) is 0 Å². The Hall–Kier alpha value is -0.0800. The zero-order valence-corrected chi connectivity index (χ0v) is 7.18. The number of hydrogen-bond donors (Lipinski definition) is 1. The van der Waals surface area contributed by atoms with Crippen molar-refractivity contribution in [3.63, 3.8) is 0 Å². The molecular weight excluding hydrogens is 138 g/mol. The van der Waals surface area contributed by atoms with Crippen molar-refractivity contribution in [2.75, 3.05) is 20.2 Å². The highest BCUT2D eigenvalue weighted by Gasteiger charge is 2.36. The molecule has 0 bridgehead atoms. The maximum atomic E-state index is 5.47.